The van der Waals surface area contributed by atoms with E-state index in [9.17, 15) is 9.90 Å². The summed E-state index contributed by atoms with van der Waals surface area (Å²) < 4.78 is 5.78. The third kappa shape index (κ3) is 5.94. The molecule has 0 radical (unpaired) electrons. The molecular formula is C20H22N2O3. The van der Waals surface area contributed by atoms with Crippen LogP contribution >= 0.6 is 0 Å². The van der Waals surface area contributed by atoms with Crippen molar-refractivity contribution in [1.29, 1.82) is 5.26 Å². The molecule has 2 aromatic rings. The summed E-state index contributed by atoms with van der Waals surface area (Å²) in [7, 11) is 0. The molecule has 0 aliphatic carbocycles. The van der Waals surface area contributed by atoms with Crippen molar-refractivity contribution in [3.63, 3.8) is 0 Å². The van der Waals surface area contributed by atoms with Crippen molar-refractivity contribution in [3.8, 4) is 11.8 Å². The molecule has 2 rings (SSSR count). The number of benzene rings is 2. The first kappa shape index (κ1) is 18.5. The summed E-state index contributed by atoms with van der Waals surface area (Å²) in [5, 5.41) is 21.2. The van der Waals surface area contributed by atoms with Gasteiger partial charge in [0.2, 0.25) is 0 Å². The lowest BCUT2D eigenvalue weighted by atomic mass is 10.1. The van der Waals surface area contributed by atoms with E-state index in [2.05, 4.69) is 11.4 Å². The lowest BCUT2D eigenvalue weighted by Gasteiger charge is -2.14. The highest BCUT2D eigenvalue weighted by molar-refractivity contribution is 5.73. The quantitative estimate of drug-likeness (QED) is 0.731. The standard InChI is InChI=1S/C20H22N2O3/c1-2-5-19(20(23)24)22-13-16-7-4-9-18(11-16)25-14-17-8-3-6-15(10-17)12-21/h3-4,6-11,19,22H,2,5,13-14H2,1H3,(H,23,24). The molecule has 0 saturated carbocycles. The van der Waals surface area contributed by atoms with Gasteiger partial charge in [-0.3, -0.25) is 4.79 Å². The Morgan fingerprint density at radius 3 is 2.72 bits per heavy atom. The lowest BCUT2D eigenvalue weighted by molar-refractivity contribution is -0.139. The van der Waals surface area contributed by atoms with Crippen LogP contribution in [0.1, 0.15) is 36.5 Å². The molecule has 130 valence electrons. The predicted molar refractivity (Wildman–Crippen MR) is 95.1 cm³/mol. The SMILES string of the molecule is CCCC(NCc1cccc(OCc2cccc(C#N)c2)c1)C(=O)O. The van der Waals surface area contributed by atoms with Crippen LogP contribution in [0.5, 0.6) is 5.75 Å². The molecule has 25 heavy (non-hydrogen) atoms. The highest BCUT2D eigenvalue weighted by Gasteiger charge is 2.15. The van der Waals surface area contributed by atoms with Crippen LogP contribution in [0.15, 0.2) is 48.5 Å². The number of carboxylic acids is 1. The van der Waals surface area contributed by atoms with Gasteiger partial charge in [0, 0.05) is 6.54 Å². The number of aliphatic carboxylic acids is 1. The van der Waals surface area contributed by atoms with E-state index >= 15 is 0 Å². The Labute approximate surface area is 147 Å². The van der Waals surface area contributed by atoms with E-state index in [-0.39, 0.29) is 0 Å². The molecule has 1 atom stereocenters. The number of nitrogens with zero attached hydrogens (tertiary/aromatic N) is 1. The van der Waals surface area contributed by atoms with Crippen molar-refractivity contribution >= 4 is 5.97 Å². The zero-order valence-corrected chi connectivity index (χ0v) is 14.2. The zero-order chi connectivity index (χ0) is 18.1. The maximum atomic E-state index is 11.2. The van der Waals surface area contributed by atoms with Crippen molar-refractivity contribution in [2.45, 2.75) is 39.0 Å². The second-order valence-electron chi connectivity index (χ2n) is 5.81. The molecule has 0 heterocycles. The predicted octanol–water partition coefficient (Wildman–Crippen LogP) is 3.48. The maximum Gasteiger partial charge on any atom is 0.320 e. The Balaban J connectivity index is 1.94. The molecule has 5 heteroatoms. The summed E-state index contributed by atoms with van der Waals surface area (Å²) in [5.74, 6) is -0.115. The smallest absolute Gasteiger partial charge is 0.320 e. The fourth-order valence-electron chi connectivity index (χ4n) is 2.49. The van der Waals surface area contributed by atoms with Gasteiger partial charge in [-0.25, -0.2) is 0 Å². The minimum absolute atomic E-state index is 0.375. The molecule has 2 N–H and O–H groups in total. The summed E-state index contributed by atoms with van der Waals surface area (Å²) in [6, 6.07) is 16.4. The van der Waals surface area contributed by atoms with Gasteiger partial charge in [-0.1, -0.05) is 37.6 Å². The Hall–Kier alpha value is -2.84. The third-order valence-electron chi connectivity index (χ3n) is 3.79. The Morgan fingerprint density at radius 2 is 2.00 bits per heavy atom. The first-order valence-electron chi connectivity index (χ1n) is 8.29. The maximum absolute atomic E-state index is 11.2. The van der Waals surface area contributed by atoms with Crippen molar-refractivity contribution in [3.05, 3.63) is 65.2 Å². The first-order valence-corrected chi connectivity index (χ1v) is 8.29. The molecule has 0 fully saturated rings. The number of nitrogens with one attached hydrogen (secondary N) is 1. The minimum Gasteiger partial charge on any atom is -0.489 e. The van der Waals surface area contributed by atoms with E-state index in [0.29, 0.717) is 30.9 Å². The lowest BCUT2D eigenvalue weighted by Crippen LogP contribution is -2.35. The summed E-state index contributed by atoms with van der Waals surface area (Å²) >= 11 is 0. The van der Waals surface area contributed by atoms with Gasteiger partial charge < -0.3 is 15.2 Å². The number of ether oxygens (including phenoxy) is 1. The molecule has 5 nitrogen and oxygen atoms in total. The first-order chi connectivity index (χ1) is 12.1. The molecular weight excluding hydrogens is 316 g/mol. The molecule has 0 bridgehead atoms. The summed E-state index contributed by atoms with van der Waals surface area (Å²) in [6.45, 7) is 2.81. The van der Waals surface area contributed by atoms with Gasteiger partial charge in [0.1, 0.15) is 18.4 Å². The summed E-state index contributed by atoms with van der Waals surface area (Å²) in [4.78, 5) is 11.2. The fourth-order valence-corrected chi connectivity index (χ4v) is 2.49. The Morgan fingerprint density at radius 1 is 1.24 bits per heavy atom. The molecule has 2 aromatic carbocycles. The van der Waals surface area contributed by atoms with Crippen LogP contribution in [0, 0.1) is 11.3 Å². The van der Waals surface area contributed by atoms with Gasteiger partial charge in [-0.15, -0.1) is 0 Å². The average molecular weight is 338 g/mol. The molecule has 1 unspecified atom stereocenters. The van der Waals surface area contributed by atoms with E-state index in [1.54, 1.807) is 12.1 Å². The largest absolute Gasteiger partial charge is 0.489 e. The monoisotopic (exact) mass is 338 g/mol. The van der Waals surface area contributed by atoms with Crippen LogP contribution in [0.4, 0.5) is 0 Å². The van der Waals surface area contributed by atoms with E-state index in [1.165, 1.54) is 0 Å². The van der Waals surface area contributed by atoms with Crippen molar-refractivity contribution < 1.29 is 14.6 Å². The van der Waals surface area contributed by atoms with Crippen molar-refractivity contribution in [1.82, 2.24) is 5.32 Å². The topological polar surface area (TPSA) is 82.3 Å². The van der Waals surface area contributed by atoms with Crippen molar-refractivity contribution in [2.24, 2.45) is 0 Å². The number of hydrogen-bond acceptors (Lipinski definition) is 4. The zero-order valence-electron chi connectivity index (χ0n) is 14.2. The molecule has 0 spiro atoms. The summed E-state index contributed by atoms with van der Waals surface area (Å²) in [6.07, 6.45) is 1.41. The summed E-state index contributed by atoms with van der Waals surface area (Å²) in [5.41, 5.74) is 2.50. The van der Waals surface area contributed by atoms with E-state index in [0.717, 1.165) is 17.5 Å². The van der Waals surface area contributed by atoms with Crippen LogP contribution in [-0.2, 0) is 17.9 Å². The highest BCUT2D eigenvalue weighted by atomic mass is 16.5. The van der Waals surface area contributed by atoms with Crippen LogP contribution in [0.2, 0.25) is 0 Å². The molecule has 0 saturated heterocycles. The number of rotatable bonds is 9. The van der Waals surface area contributed by atoms with Crippen molar-refractivity contribution in [2.75, 3.05) is 0 Å². The molecule has 0 aliphatic rings. The van der Waals surface area contributed by atoms with Crippen LogP contribution in [-0.4, -0.2) is 17.1 Å². The van der Waals surface area contributed by atoms with Crippen LogP contribution in [0.3, 0.4) is 0 Å². The second kappa shape index (κ2) is 9.45. The van der Waals surface area contributed by atoms with Crippen LogP contribution in [0.25, 0.3) is 0 Å². The highest BCUT2D eigenvalue weighted by Crippen LogP contribution is 2.16. The number of hydrogen-bond donors (Lipinski definition) is 2. The normalized spacial score (nSPS) is 11.5. The second-order valence-corrected chi connectivity index (χ2v) is 5.81. The Bertz CT molecular complexity index is 753. The number of carbonyl (C=O) groups is 1. The van der Waals surface area contributed by atoms with Gasteiger partial charge in [0.05, 0.1) is 11.6 Å². The van der Waals surface area contributed by atoms with Gasteiger partial charge in [-0.2, -0.15) is 5.26 Å². The molecule has 0 aromatic heterocycles. The van der Waals surface area contributed by atoms with E-state index < -0.39 is 12.0 Å². The molecule has 0 aliphatic heterocycles. The fraction of sp³-hybridized carbons (Fsp3) is 0.300. The average Bonchev–Trinajstić information content (AvgIpc) is 2.63. The Kier molecular flexibility index (Phi) is 7.00. The van der Waals surface area contributed by atoms with Gasteiger partial charge >= 0.3 is 5.97 Å². The number of nitriles is 1. The van der Waals surface area contributed by atoms with Crippen LogP contribution < -0.4 is 10.1 Å². The van der Waals surface area contributed by atoms with Gasteiger partial charge in [0.15, 0.2) is 0 Å². The van der Waals surface area contributed by atoms with E-state index in [4.69, 9.17) is 10.00 Å². The van der Waals surface area contributed by atoms with Gasteiger partial charge in [0.25, 0.3) is 0 Å². The van der Waals surface area contributed by atoms with Gasteiger partial charge in [-0.05, 0) is 41.8 Å². The minimum atomic E-state index is -0.827. The van der Waals surface area contributed by atoms with E-state index in [1.807, 2.05) is 43.3 Å². The number of carboxylic acid groups (broad SMARTS) is 1. The third-order valence-corrected chi connectivity index (χ3v) is 3.79. The molecule has 0 amide bonds.